The van der Waals surface area contributed by atoms with Gasteiger partial charge in [0.1, 0.15) is 0 Å². The van der Waals surface area contributed by atoms with E-state index in [-0.39, 0.29) is 43.3 Å². The Bertz CT molecular complexity index is 809. The molecule has 0 aromatic rings. The van der Waals surface area contributed by atoms with Gasteiger partial charge in [0.2, 0.25) is 5.91 Å². The van der Waals surface area contributed by atoms with Crippen LogP contribution in [0.25, 0.3) is 0 Å². The second-order valence-corrected chi connectivity index (χ2v) is 11.4. The van der Waals surface area contributed by atoms with Crippen molar-refractivity contribution in [1.82, 2.24) is 20.6 Å². The van der Waals surface area contributed by atoms with Crippen LogP contribution in [0.3, 0.4) is 0 Å². The number of unbranched alkanes of at least 4 members (excludes halogenated alkanes) is 6. The Kier molecular flexibility index (Phi) is 12.0. The molecule has 0 aliphatic carbocycles. The maximum atomic E-state index is 12.4. The molecule has 10 nitrogen and oxygen atoms in total. The molecule has 3 saturated heterocycles. The topological polar surface area (TPSA) is 125 Å². The zero-order chi connectivity index (χ0) is 26.6. The van der Waals surface area contributed by atoms with E-state index in [0.717, 1.165) is 50.8 Å². The number of rotatable bonds is 17. The van der Waals surface area contributed by atoms with Crippen molar-refractivity contribution in [2.24, 2.45) is 0 Å². The molecule has 3 fully saturated rings. The van der Waals surface area contributed by atoms with Gasteiger partial charge in [0, 0.05) is 49.8 Å². The maximum Gasteiger partial charge on any atom is 0.333 e. The molecule has 11 heteroatoms. The Morgan fingerprint density at radius 3 is 2.46 bits per heavy atom. The maximum absolute atomic E-state index is 12.4. The van der Waals surface area contributed by atoms with Gasteiger partial charge in [-0.1, -0.05) is 39.0 Å². The van der Waals surface area contributed by atoms with Crippen molar-refractivity contribution in [3.8, 4) is 0 Å². The molecule has 0 saturated carbocycles. The summed E-state index contributed by atoms with van der Waals surface area (Å²) in [5.74, 6) is -0.524. The van der Waals surface area contributed by atoms with Crippen LogP contribution in [-0.4, -0.2) is 75.9 Å². The summed E-state index contributed by atoms with van der Waals surface area (Å²) in [5.41, 5.74) is 0. The Hall–Kier alpha value is -2.30. The molecule has 5 amide bonds. The van der Waals surface area contributed by atoms with Gasteiger partial charge >= 0.3 is 12.0 Å². The lowest BCUT2D eigenvalue weighted by Crippen LogP contribution is -2.41. The number of hydroxylamine groups is 2. The predicted molar refractivity (Wildman–Crippen MR) is 140 cm³/mol. The summed E-state index contributed by atoms with van der Waals surface area (Å²) >= 11 is 1.95. The van der Waals surface area contributed by atoms with E-state index in [2.05, 4.69) is 22.5 Å². The van der Waals surface area contributed by atoms with Crippen molar-refractivity contribution in [3.05, 3.63) is 0 Å². The Morgan fingerprint density at radius 1 is 0.973 bits per heavy atom. The zero-order valence-corrected chi connectivity index (χ0v) is 22.8. The molecule has 0 aromatic heterocycles. The molecule has 0 radical (unpaired) electrons. The van der Waals surface area contributed by atoms with Crippen LogP contribution in [0, 0.1) is 0 Å². The lowest BCUT2D eigenvalue weighted by Gasteiger charge is -2.27. The van der Waals surface area contributed by atoms with E-state index in [1.807, 2.05) is 11.8 Å². The number of carbonyl (C=O) groups is 5. The van der Waals surface area contributed by atoms with Crippen LogP contribution in [0.2, 0.25) is 0 Å². The van der Waals surface area contributed by atoms with Crippen LogP contribution in [0.4, 0.5) is 4.79 Å². The monoisotopic (exact) mass is 538 g/mol. The highest BCUT2D eigenvalue weighted by Gasteiger charge is 2.47. The van der Waals surface area contributed by atoms with E-state index in [0.29, 0.717) is 29.7 Å². The second kappa shape index (κ2) is 15.2. The van der Waals surface area contributed by atoms with E-state index in [4.69, 9.17) is 4.84 Å². The molecule has 3 heterocycles. The summed E-state index contributed by atoms with van der Waals surface area (Å²) in [6.45, 7) is 3.59. The fourth-order valence-corrected chi connectivity index (χ4v) is 6.74. The minimum absolute atomic E-state index is 0.0395. The second-order valence-electron chi connectivity index (χ2n) is 10.1. The average molecular weight is 539 g/mol. The number of fused-ring (bicyclic) bond motifs is 1. The minimum Gasteiger partial charge on any atom is -0.356 e. The van der Waals surface area contributed by atoms with E-state index < -0.39 is 17.8 Å². The number of hydrogen-bond donors (Lipinski definition) is 2. The quantitative estimate of drug-likeness (QED) is 0.165. The number of hydrogen-bond acceptors (Lipinski definition) is 7. The van der Waals surface area contributed by atoms with Crippen molar-refractivity contribution >= 4 is 41.5 Å². The van der Waals surface area contributed by atoms with Gasteiger partial charge < -0.3 is 20.4 Å². The molecular weight excluding hydrogens is 496 g/mol. The highest BCUT2D eigenvalue weighted by molar-refractivity contribution is 8.00. The third kappa shape index (κ3) is 8.90. The molecule has 3 rings (SSSR count). The average Bonchev–Trinajstić information content (AvgIpc) is 3.51. The van der Waals surface area contributed by atoms with Crippen molar-refractivity contribution in [3.63, 3.8) is 0 Å². The number of nitrogens with zero attached hydrogens (tertiary/aromatic N) is 2. The largest absolute Gasteiger partial charge is 0.356 e. The lowest BCUT2D eigenvalue weighted by atomic mass is 10.0. The summed E-state index contributed by atoms with van der Waals surface area (Å²) in [7, 11) is 0. The Labute approximate surface area is 223 Å². The molecule has 0 unspecified atom stereocenters. The van der Waals surface area contributed by atoms with E-state index in [1.54, 1.807) is 0 Å². The SMILES string of the molecule is CCCCCCN1C(=O)N[C@H]2CS[C@@H](CCCCC(=O)NCCCCCC(=O)ON3C(=O)CCC3=O)[C@H]21. The first-order valence-electron chi connectivity index (χ1n) is 13.9. The lowest BCUT2D eigenvalue weighted by molar-refractivity contribution is -0.197. The highest BCUT2D eigenvalue weighted by Crippen LogP contribution is 2.37. The van der Waals surface area contributed by atoms with Crippen LogP contribution in [0.1, 0.15) is 96.8 Å². The summed E-state index contributed by atoms with van der Waals surface area (Å²) in [6.07, 6.45) is 10.3. The first-order valence-corrected chi connectivity index (χ1v) is 15.0. The summed E-state index contributed by atoms with van der Waals surface area (Å²) in [6, 6.07) is 0.621. The standard InChI is InChI=1S/C26H42N4O6S/c1-2-3-4-10-17-29-25-19(28-26(29)35)18-37-20(25)11-7-8-12-21(31)27-16-9-5-6-13-24(34)36-30-22(32)14-15-23(30)33/h19-20,25H,2-18H2,1H3,(H,27,31)(H,28,35)/t19-,20-,25-/m0/s1. The van der Waals surface area contributed by atoms with Gasteiger partial charge in [0.15, 0.2) is 0 Å². The van der Waals surface area contributed by atoms with Gasteiger partial charge in [0.25, 0.3) is 11.8 Å². The van der Waals surface area contributed by atoms with E-state index >= 15 is 0 Å². The van der Waals surface area contributed by atoms with Crippen molar-refractivity contribution in [1.29, 1.82) is 0 Å². The molecule has 3 aliphatic heterocycles. The molecule has 3 aliphatic rings. The normalized spacial score (nSPS) is 22.9. The number of amides is 5. The molecule has 0 spiro atoms. The zero-order valence-electron chi connectivity index (χ0n) is 22.0. The number of imide groups is 1. The van der Waals surface area contributed by atoms with Crippen LogP contribution < -0.4 is 10.6 Å². The van der Waals surface area contributed by atoms with Gasteiger partial charge in [0.05, 0.1) is 12.1 Å². The predicted octanol–water partition coefficient (Wildman–Crippen LogP) is 3.29. The van der Waals surface area contributed by atoms with Crippen molar-refractivity contribution in [2.75, 3.05) is 18.8 Å². The van der Waals surface area contributed by atoms with Crippen molar-refractivity contribution in [2.45, 2.75) is 114 Å². The molecule has 0 bridgehead atoms. The fraction of sp³-hybridized carbons (Fsp3) is 0.808. The van der Waals surface area contributed by atoms with Crippen LogP contribution in [0.15, 0.2) is 0 Å². The molecule has 37 heavy (non-hydrogen) atoms. The summed E-state index contributed by atoms with van der Waals surface area (Å²) in [4.78, 5) is 66.1. The van der Waals surface area contributed by atoms with Gasteiger partial charge in [-0.2, -0.15) is 11.8 Å². The number of carbonyl (C=O) groups excluding carboxylic acids is 5. The van der Waals surface area contributed by atoms with Gasteiger partial charge in [-0.05, 0) is 32.1 Å². The third-order valence-electron chi connectivity index (χ3n) is 7.19. The number of thioether (sulfide) groups is 1. The Balaban J connectivity index is 1.20. The van der Waals surface area contributed by atoms with Gasteiger partial charge in [-0.3, -0.25) is 14.4 Å². The van der Waals surface area contributed by atoms with Gasteiger partial charge in [-0.15, -0.1) is 5.06 Å². The summed E-state index contributed by atoms with van der Waals surface area (Å²) < 4.78 is 0. The molecule has 3 atom stereocenters. The fourth-order valence-electron chi connectivity index (χ4n) is 5.14. The Morgan fingerprint density at radius 2 is 1.70 bits per heavy atom. The highest BCUT2D eigenvalue weighted by atomic mass is 32.2. The smallest absolute Gasteiger partial charge is 0.333 e. The first kappa shape index (κ1) is 29.3. The molecule has 0 aromatic carbocycles. The van der Waals surface area contributed by atoms with E-state index in [9.17, 15) is 24.0 Å². The molecule has 2 N–H and O–H groups in total. The van der Waals surface area contributed by atoms with Crippen molar-refractivity contribution < 1.29 is 28.8 Å². The number of nitrogens with one attached hydrogen (secondary N) is 2. The first-order chi connectivity index (χ1) is 17.9. The van der Waals surface area contributed by atoms with E-state index in [1.165, 1.54) is 19.3 Å². The van der Waals surface area contributed by atoms with Crippen LogP contribution in [0.5, 0.6) is 0 Å². The third-order valence-corrected chi connectivity index (χ3v) is 8.68. The number of urea groups is 1. The van der Waals surface area contributed by atoms with Gasteiger partial charge in [-0.25, -0.2) is 9.59 Å². The molecule has 208 valence electrons. The minimum atomic E-state index is -0.586. The molecular formula is C26H42N4O6S. The summed E-state index contributed by atoms with van der Waals surface area (Å²) in [5, 5.41) is 7.10. The van der Waals surface area contributed by atoms with Crippen LogP contribution >= 0.6 is 11.8 Å². The van der Waals surface area contributed by atoms with Crippen LogP contribution in [-0.2, 0) is 24.0 Å².